The van der Waals surface area contributed by atoms with Gasteiger partial charge in [-0.15, -0.1) is 0 Å². The highest BCUT2D eigenvalue weighted by molar-refractivity contribution is 6.08. The van der Waals surface area contributed by atoms with E-state index < -0.39 is 28.3 Å². The Kier molecular flexibility index (Phi) is 5.49. The average Bonchev–Trinajstić information content (AvgIpc) is 2.34. The molecule has 0 N–H and O–H groups in total. The van der Waals surface area contributed by atoms with E-state index >= 15 is 0 Å². The van der Waals surface area contributed by atoms with Gasteiger partial charge < -0.3 is 9.47 Å². The molecule has 0 aliphatic heterocycles. The molecule has 1 aromatic rings. The van der Waals surface area contributed by atoms with Gasteiger partial charge in [0.2, 0.25) is 0 Å². The zero-order valence-electron chi connectivity index (χ0n) is 14.5. The lowest BCUT2D eigenvalue weighted by molar-refractivity contribution is -0.385. The van der Waals surface area contributed by atoms with Gasteiger partial charge in [0.1, 0.15) is 23.2 Å². The van der Waals surface area contributed by atoms with E-state index in [-0.39, 0.29) is 11.5 Å². The molecule has 1 rings (SSSR count). The smallest absolute Gasteiger partial charge is 0.425 e. The first-order chi connectivity index (χ1) is 10.8. The minimum Gasteiger partial charge on any atom is -0.443 e. The van der Waals surface area contributed by atoms with Crippen LogP contribution in [0, 0.1) is 10.1 Å². The molecule has 1 aromatic heterocycles. The van der Waals surface area contributed by atoms with E-state index in [0.717, 1.165) is 12.3 Å². The van der Waals surface area contributed by atoms with E-state index in [9.17, 15) is 19.7 Å². The lowest BCUT2D eigenvalue weighted by Gasteiger charge is -2.27. The summed E-state index contributed by atoms with van der Waals surface area (Å²) in [6, 6.07) is 2.30. The third kappa shape index (κ3) is 5.82. The van der Waals surface area contributed by atoms with Gasteiger partial charge in [0.15, 0.2) is 0 Å². The minimum atomic E-state index is -0.988. The summed E-state index contributed by atoms with van der Waals surface area (Å²) in [7, 11) is 0. The molecular formula is C15H21N3O6. The number of aromatic nitrogens is 1. The van der Waals surface area contributed by atoms with Gasteiger partial charge in [-0.2, -0.15) is 4.90 Å². The van der Waals surface area contributed by atoms with Crippen LogP contribution in [0.2, 0.25) is 0 Å². The Hall–Kier alpha value is -2.71. The van der Waals surface area contributed by atoms with Crippen molar-refractivity contribution >= 4 is 23.7 Å². The highest BCUT2D eigenvalue weighted by Crippen LogP contribution is 2.21. The summed E-state index contributed by atoms with van der Waals surface area (Å²) in [4.78, 5) is 39.1. The molecule has 0 aromatic carbocycles. The zero-order chi connectivity index (χ0) is 18.7. The summed E-state index contributed by atoms with van der Waals surface area (Å²) in [5.74, 6) is -0.135. The maximum Gasteiger partial charge on any atom is 0.425 e. The van der Waals surface area contributed by atoms with Crippen molar-refractivity contribution in [1.82, 2.24) is 4.98 Å². The normalized spacial score (nSPS) is 11.6. The molecule has 132 valence electrons. The van der Waals surface area contributed by atoms with Crippen molar-refractivity contribution in [2.75, 3.05) is 4.90 Å². The highest BCUT2D eigenvalue weighted by atomic mass is 16.6. The van der Waals surface area contributed by atoms with Gasteiger partial charge in [-0.25, -0.2) is 14.6 Å². The number of imide groups is 1. The van der Waals surface area contributed by atoms with Crippen LogP contribution in [0.15, 0.2) is 18.3 Å². The number of nitrogens with zero attached hydrogens (tertiary/aromatic N) is 3. The Labute approximate surface area is 139 Å². The monoisotopic (exact) mass is 339 g/mol. The Morgan fingerprint density at radius 2 is 1.50 bits per heavy atom. The van der Waals surface area contributed by atoms with Crippen LogP contribution >= 0.6 is 0 Å². The predicted octanol–water partition coefficient (Wildman–Crippen LogP) is 3.67. The second-order valence-electron chi connectivity index (χ2n) is 6.93. The topological polar surface area (TPSA) is 112 Å². The summed E-state index contributed by atoms with van der Waals surface area (Å²) in [6.45, 7) is 9.84. The molecule has 0 aliphatic carbocycles. The number of ether oxygens (including phenoxy) is 2. The largest absolute Gasteiger partial charge is 0.443 e. The van der Waals surface area contributed by atoms with Crippen molar-refractivity contribution in [3.05, 3.63) is 28.4 Å². The Balaban J connectivity index is 3.19. The van der Waals surface area contributed by atoms with Crippen LogP contribution in [0.1, 0.15) is 41.5 Å². The average molecular weight is 339 g/mol. The number of nitro groups is 1. The molecule has 2 amide bonds. The van der Waals surface area contributed by atoms with Crippen LogP contribution in [0.25, 0.3) is 0 Å². The number of hydrogen-bond acceptors (Lipinski definition) is 7. The van der Waals surface area contributed by atoms with Crippen molar-refractivity contribution in [3.63, 3.8) is 0 Å². The van der Waals surface area contributed by atoms with E-state index in [1.54, 1.807) is 41.5 Å². The molecule has 0 bridgehead atoms. The second-order valence-corrected chi connectivity index (χ2v) is 6.93. The summed E-state index contributed by atoms with van der Waals surface area (Å²) in [5.41, 5.74) is -1.97. The molecule has 24 heavy (non-hydrogen) atoms. The lowest BCUT2D eigenvalue weighted by Crippen LogP contribution is -2.44. The number of carbonyl (C=O) groups excluding carboxylic acids is 2. The third-order valence-electron chi connectivity index (χ3n) is 2.32. The van der Waals surface area contributed by atoms with Crippen LogP contribution in [-0.2, 0) is 9.47 Å². The lowest BCUT2D eigenvalue weighted by atomic mass is 10.2. The van der Waals surface area contributed by atoms with E-state index in [2.05, 4.69) is 4.98 Å². The van der Waals surface area contributed by atoms with Crippen LogP contribution in [0.5, 0.6) is 0 Å². The molecule has 0 saturated carbocycles. The standard InChI is InChI=1S/C15H21N3O6/c1-14(2,3)23-12(19)17(13(20)24-15(4,5)6)11-8-7-10(9-16-11)18(21)22/h7-9H,1-6H3. The Morgan fingerprint density at radius 1 is 1.04 bits per heavy atom. The molecule has 0 unspecified atom stereocenters. The van der Waals surface area contributed by atoms with Crippen LogP contribution in [-0.4, -0.2) is 33.3 Å². The van der Waals surface area contributed by atoms with Crippen LogP contribution in [0.4, 0.5) is 21.1 Å². The van der Waals surface area contributed by atoms with Gasteiger partial charge in [0, 0.05) is 6.07 Å². The van der Waals surface area contributed by atoms with E-state index in [1.165, 1.54) is 6.07 Å². The Bertz CT molecular complexity index is 600. The molecule has 0 radical (unpaired) electrons. The zero-order valence-corrected chi connectivity index (χ0v) is 14.5. The van der Waals surface area contributed by atoms with E-state index in [1.807, 2.05) is 0 Å². The van der Waals surface area contributed by atoms with E-state index in [0.29, 0.717) is 4.90 Å². The van der Waals surface area contributed by atoms with E-state index in [4.69, 9.17) is 9.47 Å². The summed E-state index contributed by atoms with van der Waals surface area (Å²) >= 11 is 0. The number of pyridine rings is 1. The first-order valence-corrected chi connectivity index (χ1v) is 7.17. The maximum absolute atomic E-state index is 12.3. The van der Waals surface area contributed by atoms with Crippen molar-refractivity contribution in [2.45, 2.75) is 52.7 Å². The quantitative estimate of drug-likeness (QED) is 0.597. The van der Waals surface area contributed by atoms with Crippen molar-refractivity contribution < 1.29 is 24.0 Å². The molecular weight excluding hydrogens is 318 g/mol. The fraction of sp³-hybridized carbons (Fsp3) is 0.533. The molecule has 0 aliphatic rings. The third-order valence-corrected chi connectivity index (χ3v) is 2.32. The summed E-state index contributed by atoms with van der Waals surface area (Å²) < 4.78 is 10.4. The van der Waals surface area contributed by atoms with Gasteiger partial charge in [-0.3, -0.25) is 10.1 Å². The van der Waals surface area contributed by atoms with Crippen LogP contribution in [0.3, 0.4) is 0 Å². The number of carbonyl (C=O) groups is 2. The molecule has 0 fully saturated rings. The first-order valence-electron chi connectivity index (χ1n) is 7.17. The van der Waals surface area contributed by atoms with Crippen LogP contribution < -0.4 is 4.90 Å². The summed E-state index contributed by atoms with van der Waals surface area (Å²) in [5, 5.41) is 10.7. The molecule has 0 atom stereocenters. The SMILES string of the molecule is CC(C)(C)OC(=O)N(C(=O)OC(C)(C)C)c1ccc([N+](=O)[O-])cn1. The van der Waals surface area contributed by atoms with Gasteiger partial charge in [0.05, 0.1) is 4.92 Å². The van der Waals surface area contributed by atoms with Crippen molar-refractivity contribution in [3.8, 4) is 0 Å². The second kappa shape index (κ2) is 6.81. The van der Waals surface area contributed by atoms with Crippen molar-refractivity contribution in [1.29, 1.82) is 0 Å². The fourth-order valence-corrected chi connectivity index (χ4v) is 1.50. The van der Waals surface area contributed by atoms with Gasteiger partial charge in [0.25, 0.3) is 5.69 Å². The molecule has 9 nitrogen and oxygen atoms in total. The maximum atomic E-state index is 12.3. The number of amides is 2. The Morgan fingerprint density at radius 3 is 1.79 bits per heavy atom. The first kappa shape index (κ1) is 19.3. The minimum absolute atomic E-state index is 0.135. The highest BCUT2D eigenvalue weighted by Gasteiger charge is 2.33. The number of rotatable bonds is 2. The number of hydrogen-bond donors (Lipinski definition) is 0. The molecule has 9 heteroatoms. The fourth-order valence-electron chi connectivity index (χ4n) is 1.50. The van der Waals surface area contributed by atoms with Gasteiger partial charge in [-0.05, 0) is 47.6 Å². The predicted molar refractivity (Wildman–Crippen MR) is 85.8 cm³/mol. The van der Waals surface area contributed by atoms with Crippen molar-refractivity contribution in [2.24, 2.45) is 0 Å². The molecule has 0 saturated heterocycles. The molecule has 0 spiro atoms. The molecule has 1 heterocycles. The van der Waals surface area contributed by atoms with Gasteiger partial charge >= 0.3 is 12.2 Å². The number of anilines is 1. The summed E-state index contributed by atoms with van der Waals surface area (Å²) in [6.07, 6.45) is -1.03. The van der Waals surface area contributed by atoms with Gasteiger partial charge in [-0.1, -0.05) is 0 Å².